The number of fused-ring (bicyclic) bond motifs is 6. The van der Waals surface area contributed by atoms with Gasteiger partial charge in [0.2, 0.25) is 0 Å². The predicted molar refractivity (Wildman–Crippen MR) is 120 cm³/mol. The molecule has 7 heteroatoms. The Bertz CT molecular complexity index is 1200. The number of anilines is 1. The second-order valence-corrected chi connectivity index (χ2v) is 9.80. The van der Waals surface area contributed by atoms with Gasteiger partial charge in [0.25, 0.3) is 5.91 Å². The van der Waals surface area contributed by atoms with Gasteiger partial charge in [0.1, 0.15) is 5.41 Å². The van der Waals surface area contributed by atoms with E-state index in [4.69, 9.17) is 33.2 Å². The van der Waals surface area contributed by atoms with E-state index in [1.54, 1.807) is 12.1 Å². The average molecular weight is 441 g/mol. The number of carbonyl (C=O) groups excluding carboxylic acids is 1. The zero-order chi connectivity index (χ0) is 21.3. The Balaban J connectivity index is 1.64. The van der Waals surface area contributed by atoms with E-state index in [0.717, 1.165) is 23.5 Å². The zero-order valence-electron chi connectivity index (χ0n) is 17.0. The van der Waals surface area contributed by atoms with Crippen LogP contribution >= 0.6 is 23.2 Å². The van der Waals surface area contributed by atoms with Crippen LogP contribution in [0.1, 0.15) is 45.0 Å². The number of hydrogen-bond donors (Lipinski definition) is 2. The number of rotatable bonds is 3. The fraction of sp³-hybridized carbons (Fsp3) is 0.348. The third kappa shape index (κ3) is 2.33. The summed E-state index contributed by atoms with van der Waals surface area (Å²) in [6.07, 6.45) is 1.58. The van der Waals surface area contributed by atoms with Crippen LogP contribution in [0.2, 0.25) is 10.0 Å². The molecule has 2 N–H and O–H groups in total. The lowest BCUT2D eigenvalue weighted by atomic mass is 9.63. The Morgan fingerprint density at radius 2 is 1.53 bits per heavy atom. The minimum Gasteiger partial charge on any atom is -0.299 e. The molecule has 30 heavy (non-hydrogen) atoms. The molecule has 0 saturated heterocycles. The van der Waals surface area contributed by atoms with Gasteiger partial charge in [-0.05, 0) is 42.5 Å². The average Bonchev–Trinajstić information content (AvgIpc) is 3.02. The minimum absolute atomic E-state index is 0.0902. The number of para-hydroxylation sites is 1. The fourth-order valence-electron chi connectivity index (χ4n) is 5.36. The lowest BCUT2D eigenvalue weighted by Crippen LogP contribution is -2.52. The van der Waals surface area contributed by atoms with Gasteiger partial charge in [0.05, 0.1) is 38.2 Å². The van der Waals surface area contributed by atoms with Crippen LogP contribution in [0.15, 0.2) is 42.5 Å². The van der Waals surface area contributed by atoms with Crippen molar-refractivity contribution in [3.05, 3.63) is 63.9 Å². The SMILES string of the molecule is CC12CCC(C(=O)NNc3ccccc3)(c3nc4cc(Cl)c(Cl)cc4nc31)C2(C)C. The van der Waals surface area contributed by atoms with E-state index in [1.165, 1.54) is 0 Å². The van der Waals surface area contributed by atoms with Crippen LogP contribution in [-0.4, -0.2) is 15.9 Å². The highest BCUT2D eigenvalue weighted by molar-refractivity contribution is 6.42. The van der Waals surface area contributed by atoms with Crippen LogP contribution in [0.4, 0.5) is 5.69 Å². The highest BCUT2D eigenvalue weighted by atomic mass is 35.5. The number of benzene rings is 2. The minimum atomic E-state index is -0.786. The first-order valence-electron chi connectivity index (χ1n) is 10.00. The lowest BCUT2D eigenvalue weighted by Gasteiger charge is -2.39. The first-order valence-corrected chi connectivity index (χ1v) is 10.8. The Morgan fingerprint density at radius 3 is 2.17 bits per heavy atom. The van der Waals surface area contributed by atoms with Crippen LogP contribution in [-0.2, 0) is 15.6 Å². The highest BCUT2D eigenvalue weighted by Crippen LogP contribution is 2.70. The molecule has 0 aliphatic heterocycles. The quantitative estimate of drug-likeness (QED) is 0.534. The molecule has 154 valence electrons. The highest BCUT2D eigenvalue weighted by Gasteiger charge is 2.73. The van der Waals surface area contributed by atoms with Crippen molar-refractivity contribution in [3.63, 3.8) is 0 Å². The summed E-state index contributed by atoms with van der Waals surface area (Å²) in [4.78, 5) is 23.6. The van der Waals surface area contributed by atoms with Crippen LogP contribution < -0.4 is 10.9 Å². The van der Waals surface area contributed by atoms with Gasteiger partial charge in [-0.3, -0.25) is 15.6 Å². The topological polar surface area (TPSA) is 66.9 Å². The molecule has 2 bridgehead atoms. The molecular weight excluding hydrogens is 419 g/mol. The summed E-state index contributed by atoms with van der Waals surface area (Å²) >= 11 is 12.4. The fourth-order valence-corrected chi connectivity index (χ4v) is 5.67. The first kappa shape index (κ1) is 19.6. The third-order valence-electron chi connectivity index (χ3n) is 7.56. The summed E-state index contributed by atoms with van der Waals surface area (Å²) in [5.41, 5.74) is 8.38. The van der Waals surface area contributed by atoms with E-state index in [0.29, 0.717) is 27.5 Å². The van der Waals surface area contributed by atoms with Gasteiger partial charge in [-0.15, -0.1) is 0 Å². The lowest BCUT2D eigenvalue weighted by molar-refractivity contribution is -0.129. The standard InChI is InChI=1S/C23H22Cl2N4O/c1-21(2)22(3)9-10-23(21,20(30)29-28-13-7-5-4-6-8-13)19-18(22)26-16-11-14(24)15(25)12-17(16)27-19/h4-8,11-12,28H,9-10H2,1-3H3,(H,29,30). The number of nitrogens with zero attached hydrogens (tertiary/aromatic N) is 2. The smallest absolute Gasteiger partial charge is 0.251 e. The van der Waals surface area contributed by atoms with Crippen molar-refractivity contribution in [1.29, 1.82) is 0 Å². The summed E-state index contributed by atoms with van der Waals surface area (Å²) in [6, 6.07) is 13.1. The molecule has 2 atom stereocenters. The van der Waals surface area contributed by atoms with Crippen molar-refractivity contribution < 1.29 is 4.79 Å². The molecule has 0 radical (unpaired) electrons. The Kier molecular flexibility index (Phi) is 4.12. The molecule has 2 unspecified atom stereocenters. The molecule has 2 aliphatic carbocycles. The summed E-state index contributed by atoms with van der Waals surface area (Å²) in [5.74, 6) is -0.0902. The van der Waals surface area contributed by atoms with E-state index in [2.05, 4.69) is 31.6 Å². The van der Waals surface area contributed by atoms with Crippen molar-refractivity contribution >= 4 is 45.8 Å². The molecule has 2 aromatic carbocycles. The maximum absolute atomic E-state index is 13.7. The maximum atomic E-state index is 13.7. The molecule has 5 rings (SSSR count). The molecule has 1 amide bonds. The Morgan fingerprint density at radius 1 is 0.933 bits per heavy atom. The molecule has 1 fully saturated rings. The summed E-state index contributed by atoms with van der Waals surface area (Å²) < 4.78 is 0. The van der Waals surface area contributed by atoms with Crippen LogP contribution in [0.5, 0.6) is 0 Å². The molecule has 1 saturated carbocycles. The maximum Gasteiger partial charge on any atom is 0.251 e. The van der Waals surface area contributed by atoms with Gasteiger partial charge in [-0.2, -0.15) is 0 Å². The van der Waals surface area contributed by atoms with Gasteiger partial charge < -0.3 is 0 Å². The number of amides is 1. The number of halogens is 2. The van der Waals surface area contributed by atoms with E-state index in [-0.39, 0.29) is 16.7 Å². The zero-order valence-corrected chi connectivity index (χ0v) is 18.5. The molecule has 2 aliphatic rings. The van der Waals surface area contributed by atoms with Crippen LogP contribution in [0.3, 0.4) is 0 Å². The molecule has 5 nitrogen and oxygen atoms in total. The Labute approximate surface area is 185 Å². The van der Waals surface area contributed by atoms with Crippen molar-refractivity contribution in [2.24, 2.45) is 5.41 Å². The van der Waals surface area contributed by atoms with E-state index < -0.39 is 5.41 Å². The van der Waals surface area contributed by atoms with E-state index in [1.807, 2.05) is 30.3 Å². The molecule has 1 heterocycles. The Hall–Kier alpha value is -2.37. The predicted octanol–water partition coefficient (Wildman–Crippen LogP) is 5.41. The van der Waals surface area contributed by atoms with E-state index >= 15 is 0 Å². The van der Waals surface area contributed by atoms with Gasteiger partial charge in [0.15, 0.2) is 0 Å². The van der Waals surface area contributed by atoms with Crippen molar-refractivity contribution in [1.82, 2.24) is 15.4 Å². The van der Waals surface area contributed by atoms with Gasteiger partial charge in [-0.25, -0.2) is 9.97 Å². The van der Waals surface area contributed by atoms with Crippen molar-refractivity contribution in [3.8, 4) is 0 Å². The molecule has 1 aromatic heterocycles. The second-order valence-electron chi connectivity index (χ2n) is 8.98. The summed E-state index contributed by atoms with van der Waals surface area (Å²) in [6.45, 7) is 6.49. The normalized spacial score (nSPS) is 25.9. The van der Waals surface area contributed by atoms with Crippen LogP contribution in [0.25, 0.3) is 11.0 Å². The van der Waals surface area contributed by atoms with E-state index in [9.17, 15) is 4.79 Å². The monoisotopic (exact) mass is 440 g/mol. The number of hydrogen-bond acceptors (Lipinski definition) is 4. The number of nitrogens with one attached hydrogen (secondary N) is 2. The number of hydrazine groups is 1. The van der Waals surface area contributed by atoms with Crippen molar-refractivity contribution in [2.75, 3.05) is 5.43 Å². The molecule has 0 spiro atoms. The first-order chi connectivity index (χ1) is 14.2. The van der Waals surface area contributed by atoms with Crippen LogP contribution in [0, 0.1) is 5.41 Å². The molecule has 3 aromatic rings. The molecular formula is C23H22Cl2N4O. The van der Waals surface area contributed by atoms with Gasteiger partial charge >= 0.3 is 0 Å². The summed E-state index contributed by atoms with van der Waals surface area (Å²) in [5, 5.41) is 0.877. The number of aromatic nitrogens is 2. The number of carbonyl (C=O) groups is 1. The van der Waals surface area contributed by atoms with Gasteiger partial charge in [0, 0.05) is 5.41 Å². The third-order valence-corrected chi connectivity index (χ3v) is 8.28. The summed E-state index contributed by atoms with van der Waals surface area (Å²) in [7, 11) is 0. The van der Waals surface area contributed by atoms with Crippen molar-refractivity contribution in [2.45, 2.75) is 44.4 Å². The van der Waals surface area contributed by atoms with Gasteiger partial charge in [-0.1, -0.05) is 62.2 Å². The largest absolute Gasteiger partial charge is 0.299 e. The second kappa shape index (κ2) is 6.32.